The topological polar surface area (TPSA) is 106 Å². The Labute approximate surface area is 119 Å². The van der Waals surface area contributed by atoms with Gasteiger partial charge in [0.25, 0.3) is 5.91 Å². The zero-order valence-corrected chi connectivity index (χ0v) is 11.4. The smallest absolute Gasteiger partial charge is 0.326 e. The number of pyridine rings is 1. The van der Waals surface area contributed by atoms with E-state index in [0.29, 0.717) is 0 Å². The van der Waals surface area contributed by atoms with Crippen molar-refractivity contribution in [1.82, 2.24) is 10.3 Å². The van der Waals surface area contributed by atoms with Crippen LogP contribution in [0.5, 0.6) is 0 Å². The standard InChI is InChI=1S/C12H13ClN2O5/c1-20-10(16)3-2-9(12(18)19)15-11(17)7-4-5-14-6-8(7)13/h4-6,9H,2-3H2,1H3,(H,15,17)(H,18,19)/t9-/m1/s1. The van der Waals surface area contributed by atoms with Crippen LogP contribution in [-0.4, -0.2) is 41.1 Å². The number of halogens is 1. The van der Waals surface area contributed by atoms with E-state index in [1.54, 1.807) is 0 Å². The van der Waals surface area contributed by atoms with Gasteiger partial charge in [0.05, 0.1) is 17.7 Å². The number of methoxy groups -OCH3 is 1. The van der Waals surface area contributed by atoms with Gasteiger partial charge < -0.3 is 15.2 Å². The number of rotatable bonds is 6. The molecule has 1 heterocycles. The molecule has 0 aromatic carbocycles. The summed E-state index contributed by atoms with van der Waals surface area (Å²) in [5.74, 6) is -2.44. The molecule has 1 aromatic heterocycles. The van der Waals surface area contributed by atoms with Gasteiger partial charge in [-0.3, -0.25) is 14.6 Å². The maximum Gasteiger partial charge on any atom is 0.326 e. The van der Waals surface area contributed by atoms with E-state index in [1.807, 2.05) is 0 Å². The van der Waals surface area contributed by atoms with E-state index in [9.17, 15) is 14.4 Å². The molecule has 20 heavy (non-hydrogen) atoms. The molecule has 2 N–H and O–H groups in total. The summed E-state index contributed by atoms with van der Waals surface area (Å²) in [6.07, 6.45) is 2.46. The van der Waals surface area contributed by atoms with Gasteiger partial charge in [0.2, 0.25) is 0 Å². The lowest BCUT2D eigenvalue weighted by molar-refractivity contribution is -0.142. The Morgan fingerprint density at radius 3 is 2.75 bits per heavy atom. The molecular formula is C12H13ClN2O5. The number of aliphatic carboxylic acids is 1. The molecule has 0 bridgehead atoms. The average molecular weight is 301 g/mol. The summed E-state index contributed by atoms with van der Waals surface area (Å²) in [5.41, 5.74) is 0.117. The van der Waals surface area contributed by atoms with Crippen molar-refractivity contribution in [3.63, 3.8) is 0 Å². The molecule has 0 saturated carbocycles. The second-order valence-electron chi connectivity index (χ2n) is 3.83. The summed E-state index contributed by atoms with van der Waals surface area (Å²) < 4.78 is 4.42. The van der Waals surface area contributed by atoms with Crippen LogP contribution in [0.4, 0.5) is 0 Å². The first-order valence-electron chi connectivity index (χ1n) is 5.65. The molecule has 1 amide bonds. The number of nitrogens with zero attached hydrogens (tertiary/aromatic N) is 1. The van der Waals surface area contributed by atoms with Crippen LogP contribution >= 0.6 is 11.6 Å². The van der Waals surface area contributed by atoms with E-state index in [4.69, 9.17) is 16.7 Å². The summed E-state index contributed by atoms with van der Waals surface area (Å²) in [5, 5.41) is 11.4. The Kier molecular flexibility index (Phi) is 5.92. The van der Waals surface area contributed by atoms with Crippen LogP contribution in [-0.2, 0) is 14.3 Å². The van der Waals surface area contributed by atoms with Gasteiger partial charge in [-0.15, -0.1) is 0 Å². The number of aromatic nitrogens is 1. The van der Waals surface area contributed by atoms with Crippen molar-refractivity contribution in [2.24, 2.45) is 0 Å². The Bertz CT molecular complexity index is 520. The molecule has 108 valence electrons. The molecule has 1 aromatic rings. The molecule has 0 radical (unpaired) electrons. The Morgan fingerprint density at radius 2 is 2.20 bits per heavy atom. The Morgan fingerprint density at radius 1 is 1.50 bits per heavy atom. The van der Waals surface area contributed by atoms with Gasteiger partial charge >= 0.3 is 11.9 Å². The monoisotopic (exact) mass is 300 g/mol. The van der Waals surface area contributed by atoms with Crippen molar-refractivity contribution in [2.75, 3.05) is 7.11 Å². The summed E-state index contributed by atoms with van der Waals surface area (Å²) in [4.78, 5) is 37.6. The number of nitrogens with one attached hydrogen (secondary N) is 1. The van der Waals surface area contributed by atoms with Crippen LogP contribution in [0.2, 0.25) is 5.02 Å². The van der Waals surface area contributed by atoms with Crippen molar-refractivity contribution in [1.29, 1.82) is 0 Å². The van der Waals surface area contributed by atoms with E-state index in [0.717, 1.165) is 0 Å². The fraction of sp³-hybridized carbons (Fsp3) is 0.333. The van der Waals surface area contributed by atoms with Crippen LogP contribution in [0.1, 0.15) is 23.2 Å². The summed E-state index contributed by atoms with van der Waals surface area (Å²) >= 11 is 5.79. The molecule has 1 rings (SSSR count). The number of amides is 1. The van der Waals surface area contributed by atoms with Gasteiger partial charge in [-0.1, -0.05) is 11.6 Å². The van der Waals surface area contributed by atoms with Gasteiger partial charge in [-0.2, -0.15) is 0 Å². The molecule has 8 heteroatoms. The molecule has 0 saturated heterocycles. The number of hydrogen-bond donors (Lipinski definition) is 2. The Balaban J connectivity index is 2.71. The maximum absolute atomic E-state index is 11.9. The molecular weight excluding hydrogens is 288 g/mol. The van der Waals surface area contributed by atoms with Crippen LogP contribution < -0.4 is 5.32 Å². The summed E-state index contributed by atoms with van der Waals surface area (Å²) in [6, 6.07) is 0.169. The molecule has 0 fully saturated rings. The lowest BCUT2D eigenvalue weighted by Crippen LogP contribution is -2.41. The van der Waals surface area contributed by atoms with E-state index >= 15 is 0 Å². The van der Waals surface area contributed by atoms with Crippen molar-refractivity contribution in [3.8, 4) is 0 Å². The minimum atomic E-state index is -1.24. The highest BCUT2D eigenvalue weighted by atomic mass is 35.5. The van der Waals surface area contributed by atoms with Gasteiger partial charge in [-0.05, 0) is 12.5 Å². The maximum atomic E-state index is 11.9. The minimum Gasteiger partial charge on any atom is -0.480 e. The zero-order valence-electron chi connectivity index (χ0n) is 10.6. The molecule has 1 atom stereocenters. The third-order valence-corrected chi connectivity index (χ3v) is 2.79. The van der Waals surface area contributed by atoms with Crippen LogP contribution in [0.15, 0.2) is 18.5 Å². The SMILES string of the molecule is COC(=O)CC[C@@H](NC(=O)c1ccncc1Cl)C(=O)O. The van der Waals surface area contributed by atoms with Gasteiger partial charge in [0.1, 0.15) is 6.04 Å². The highest BCUT2D eigenvalue weighted by molar-refractivity contribution is 6.33. The normalized spacial score (nSPS) is 11.5. The predicted octanol–water partition coefficient (Wildman–Crippen LogP) is 0.871. The summed E-state index contributed by atoms with van der Waals surface area (Å²) in [7, 11) is 1.20. The first-order valence-corrected chi connectivity index (χ1v) is 6.03. The molecule has 0 spiro atoms. The fourth-order valence-electron chi connectivity index (χ4n) is 1.42. The van der Waals surface area contributed by atoms with Crippen LogP contribution in [0, 0.1) is 0 Å². The second-order valence-corrected chi connectivity index (χ2v) is 4.24. The van der Waals surface area contributed by atoms with Crippen molar-refractivity contribution >= 4 is 29.4 Å². The third kappa shape index (κ3) is 4.51. The average Bonchev–Trinajstić information content (AvgIpc) is 2.42. The van der Waals surface area contributed by atoms with Crippen molar-refractivity contribution in [3.05, 3.63) is 29.0 Å². The molecule has 0 aliphatic heterocycles. The zero-order chi connectivity index (χ0) is 15.1. The first-order chi connectivity index (χ1) is 9.45. The van der Waals surface area contributed by atoms with Crippen molar-refractivity contribution < 1.29 is 24.2 Å². The second kappa shape index (κ2) is 7.44. The molecule has 7 nitrogen and oxygen atoms in total. The number of carboxylic acids is 1. The van der Waals surface area contributed by atoms with Crippen LogP contribution in [0.3, 0.4) is 0 Å². The largest absolute Gasteiger partial charge is 0.480 e. The number of carbonyl (C=O) groups is 3. The van der Waals surface area contributed by atoms with Gasteiger partial charge in [0.15, 0.2) is 0 Å². The number of ether oxygens (including phenoxy) is 1. The lowest BCUT2D eigenvalue weighted by atomic mass is 10.1. The van der Waals surface area contributed by atoms with Crippen molar-refractivity contribution in [2.45, 2.75) is 18.9 Å². The quantitative estimate of drug-likeness (QED) is 0.755. The third-order valence-electron chi connectivity index (χ3n) is 2.49. The van der Waals surface area contributed by atoms with Gasteiger partial charge in [-0.25, -0.2) is 4.79 Å². The minimum absolute atomic E-state index is 0.0730. The predicted molar refractivity (Wildman–Crippen MR) is 69.4 cm³/mol. The lowest BCUT2D eigenvalue weighted by Gasteiger charge is -2.14. The van der Waals surface area contributed by atoms with Crippen LogP contribution in [0.25, 0.3) is 0 Å². The fourth-order valence-corrected chi connectivity index (χ4v) is 1.62. The first kappa shape index (κ1) is 15.9. The Hall–Kier alpha value is -2.15. The number of carbonyl (C=O) groups excluding carboxylic acids is 2. The molecule has 0 unspecified atom stereocenters. The van der Waals surface area contributed by atoms with E-state index in [1.165, 1.54) is 25.6 Å². The number of esters is 1. The number of carboxylic acid groups (broad SMARTS) is 1. The highest BCUT2D eigenvalue weighted by Crippen LogP contribution is 2.13. The molecule has 0 aliphatic rings. The highest BCUT2D eigenvalue weighted by Gasteiger charge is 2.22. The van der Waals surface area contributed by atoms with E-state index in [2.05, 4.69) is 15.0 Å². The van der Waals surface area contributed by atoms with Gasteiger partial charge in [0, 0.05) is 18.8 Å². The van der Waals surface area contributed by atoms with E-state index in [-0.39, 0.29) is 23.4 Å². The van der Waals surface area contributed by atoms with E-state index < -0.39 is 23.9 Å². The number of hydrogen-bond acceptors (Lipinski definition) is 5. The molecule has 0 aliphatic carbocycles. The summed E-state index contributed by atoms with van der Waals surface area (Å²) in [6.45, 7) is 0.